The number of rotatable bonds is 7. The van der Waals surface area contributed by atoms with Crippen molar-refractivity contribution >= 4 is 24.4 Å². The lowest BCUT2D eigenvalue weighted by atomic mass is 9.98. The summed E-state index contributed by atoms with van der Waals surface area (Å²) in [6, 6.07) is 8.92. The number of carboxylic acid groups (broad SMARTS) is 1. The Morgan fingerprint density at radius 3 is 2.50 bits per heavy atom. The number of halogens is 1. The van der Waals surface area contributed by atoms with Gasteiger partial charge in [-0.1, -0.05) is 24.3 Å². The highest BCUT2D eigenvalue weighted by molar-refractivity contribution is 5.85. The summed E-state index contributed by atoms with van der Waals surface area (Å²) in [6.45, 7) is 2.60. The van der Waals surface area contributed by atoms with Crippen LogP contribution in [0.2, 0.25) is 0 Å². The molecule has 1 aromatic carbocycles. The van der Waals surface area contributed by atoms with Crippen LogP contribution in [0.4, 0.5) is 4.79 Å². The van der Waals surface area contributed by atoms with Gasteiger partial charge in [-0.3, -0.25) is 4.79 Å². The summed E-state index contributed by atoms with van der Waals surface area (Å²) in [7, 11) is 0. The number of carbonyl (C=O) groups excluding carboxylic acids is 1. The predicted molar refractivity (Wildman–Crippen MR) is 103 cm³/mol. The van der Waals surface area contributed by atoms with E-state index in [2.05, 4.69) is 34.9 Å². The maximum Gasteiger partial charge on any atom is 0.318 e. The van der Waals surface area contributed by atoms with Gasteiger partial charge in [-0.2, -0.15) is 0 Å². The van der Waals surface area contributed by atoms with Crippen molar-refractivity contribution < 1.29 is 14.7 Å². The fourth-order valence-corrected chi connectivity index (χ4v) is 3.81. The maximum absolute atomic E-state index is 12.3. The molecule has 2 saturated heterocycles. The fourth-order valence-electron chi connectivity index (χ4n) is 3.81. The lowest BCUT2D eigenvalue weighted by Gasteiger charge is -2.35. The minimum atomic E-state index is -0.730. The van der Waals surface area contributed by atoms with Crippen molar-refractivity contribution in [1.29, 1.82) is 0 Å². The van der Waals surface area contributed by atoms with Gasteiger partial charge in [0.1, 0.15) is 0 Å². The summed E-state index contributed by atoms with van der Waals surface area (Å²) in [6.07, 6.45) is 4.74. The lowest BCUT2D eigenvalue weighted by molar-refractivity contribution is -0.137. The molecule has 2 amide bonds. The molecule has 3 N–H and O–H groups in total. The Bertz CT molecular complexity index is 603. The van der Waals surface area contributed by atoms with Crippen LogP contribution in [0.5, 0.6) is 0 Å². The molecule has 26 heavy (non-hydrogen) atoms. The van der Waals surface area contributed by atoms with E-state index in [1.54, 1.807) is 0 Å². The number of nitrogens with zero attached hydrogens (tertiary/aromatic N) is 1. The van der Waals surface area contributed by atoms with Crippen molar-refractivity contribution in [2.24, 2.45) is 0 Å². The summed E-state index contributed by atoms with van der Waals surface area (Å²) in [5.41, 5.74) is 2.39. The second-order valence-electron chi connectivity index (χ2n) is 6.93. The van der Waals surface area contributed by atoms with Crippen LogP contribution in [-0.2, 0) is 11.2 Å². The number of carbonyl (C=O) groups is 2. The van der Waals surface area contributed by atoms with Gasteiger partial charge in [-0.25, -0.2) is 4.79 Å². The van der Waals surface area contributed by atoms with Gasteiger partial charge in [0.05, 0.1) is 6.04 Å². The van der Waals surface area contributed by atoms with Gasteiger partial charge in [0.2, 0.25) is 0 Å². The van der Waals surface area contributed by atoms with Crippen LogP contribution in [0.25, 0.3) is 0 Å². The van der Waals surface area contributed by atoms with Crippen LogP contribution in [0, 0.1) is 0 Å². The second-order valence-corrected chi connectivity index (χ2v) is 6.93. The van der Waals surface area contributed by atoms with E-state index in [1.165, 1.54) is 11.1 Å². The summed E-state index contributed by atoms with van der Waals surface area (Å²) < 4.78 is 0. The van der Waals surface area contributed by atoms with Crippen LogP contribution < -0.4 is 10.6 Å². The zero-order valence-corrected chi connectivity index (χ0v) is 15.8. The van der Waals surface area contributed by atoms with E-state index in [0.717, 1.165) is 38.8 Å². The first-order valence-electron chi connectivity index (χ1n) is 9.22. The molecule has 144 valence electrons. The van der Waals surface area contributed by atoms with Crippen molar-refractivity contribution in [3.63, 3.8) is 0 Å². The molecule has 2 heterocycles. The Kier molecular flexibility index (Phi) is 7.72. The molecule has 1 unspecified atom stereocenters. The van der Waals surface area contributed by atoms with Gasteiger partial charge >= 0.3 is 12.0 Å². The Labute approximate surface area is 160 Å². The zero-order valence-electron chi connectivity index (χ0n) is 14.9. The molecule has 3 rings (SSSR count). The molecule has 0 spiro atoms. The molecule has 2 aliphatic heterocycles. The van der Waals surface area contributed by atoms with Crippen LogP contribution in [0.1, 0.15) is 49.3 Å². The van der Waals surface area contributed by atoms with Crippen molar-refractivity contribution in [3.8, 4) is 0 Å². The van der Waals surface area contributed by atoms with E-state index in [0.29, 0.717) is 19.0 Å². The van der Waals surface area contributed by atoms with E-state index < -0.39 is 5.97 Å². The normalized spacial score (nSPS) is 20.5. The molecule has 0 saturated carbocycles. The van der Waals surface area contributed by atoms with Crippen LogP contribution >= 0.6 is 12.4 Å². The quantitative estimate of drug-likeness (QED) is 0.634. The smallest absolute Gasteiger partial charge is 0.318 e. The van der Waals surface area contributed by atoms with Crippen molar-refractivity contribution in [3.05, 3.63) is 35.4 Å². The van der Waals surface area contributed by atoms with Crippen molar-refractivity contribution in [2.75, 3.05) is 19.6 Å². The highest BCUT2D eigenvalue weighted by Gasteiger charge is 2.37. The number of hydrogen-bond donors (Lipinski definition) is 3. The van der Waals surface area contributed by atoms with E-state index >= 15 is 0 Å². The standard InChI is InChI=1S/C19H27N3O3.ClH/c23-18(24)4-2-1-3-14-5-7-15(8-6-14)17-13-21-19(25)22(17)16-9-11-20-12-10-16;/h5-8,16-17,20H,1-4,9-13H2,(H,21,25)(H,23,24);1H. The molecule has 0 radical (unpaired) electrons. The minimum absolute atomic E-state index is 0. The number of benzene rings is 1. The summed E-state index contributed by atoms with van der Waals surface area (Å²) in [4.78, 5) is 24.9. The molecular formula is C19H28ClN3O3. The van der Waals surface area contributed by atoms with E-state index in [4.69, 9.17) is 5.11 Å². The number of hydrogen-bond acceptors (Lipinski definition) is 3. The Hall–Kier alpha value is -1.79. The first kappa shape index (κ1) is 20.5. The number of aliphatic carboxylic acids is 1. The highest BCUT2D eigenvalue weighted by Crippen LogP contribution is 2.30. The third-order valence-electron chi connectivity index (χ3n) is 5.19. The number of amides is 2. The SMILES string of the molecule is Cl.O=C(O)CCCCc1ccc(C2CNC(=O)N2C2CCNCC2)cc1. The van der Waals surface area contributed by atoms with E-state index in [-0.39, 0.29) is 30.9 Å². The van der Waals surface area contributed by atoms with Gasteiger partial charge in [-0.05, 0) is 56.3 Å². The lowest BCUT2D eigenvalue weighted by Crippen LogP contribution is -2.45. The molecule has 6 nitrogen and oxygen atoms in total. The Balaban J connectivity index is 0.00000243. The number of piperidine rings is 1. The molecule has 2 fully saturated rings. The second kappa shape index (κ2) is 9.78. The van der Waals surface area contributed by atoms with Gasteiger partial charge in [0, 0.05) is 19.0 Å². The van der Waals surface area contributed by atoms with Gasteiger partial charge in [-0.15, -0.1) is 12.4 Å². The summed E-state index contributed by atoms with van der Waals surface area (Å²) in [5.74, 6) is -0.730. The van der Waals surface area contributed by atoms with Gasteiger partial charge < -0.3 is 20.6 Å². The first-order chi connectivity index (χ1) is 12.1. The molecule has 1 atom stereocenters. The largest absolute Gasteiger partial charge is 0.481 e. The van der Waals surface area contributed by atoms with Gasteiger partial charge in [0.25, 0.3) is 0 Å². The molecular weight excluding hydrogens is 354 g/mol. The number of nitrogens with one attached hydrogen (secondary N) is 2. The van der Waals surface area contributed by atoms with Crippen molar-refractivity contribution in [2.45, 2.75) is 50.6 Å². The third-order valence-corrected chi connectivity index (χ3v) is 5.19. The summed E-state index contributed by atoms with van der Waals surface area (Å²) >= 11 is 0. The predicted octanol–water partition coefficient (Wildman–Crippen LogP) is 2.72. The average Bonchev–Trinajstić information content (AvgIpc) is 3.01. The van der Waals surface area contributed by atoms with E-state index in [1.807, 2.05) is 4.90 Å². The fraction of sp³-hybridized carbons (Fsp3) is 0.579. The van der Waals surface area contributed by atoms with Crippen molar-refractivity contribution in [1.82, 2.24) is 15.5 Å². The summed E-state index contributed by atoms with van der Waals surface area (Å²) in [5, 5.41) is 15.0. The van der Waals surface area contributed by atoms with Crippen LogP contribution in [0.15, 0.2) is 24.3 Å². The molecule has 0 bridgehead atoms. The van der Waals surface area contributed by atoms with Crippen LogP contribution in [-0.4, -0.2) is 47.7 Å². The molecule has 2 aliphatic rings. The van der Waals surface area contributed by atoms with E-state index in [9.17, 15) is 9.59 Å². The van der Waals surface area contributed by atoms with Gasteiger partial charge in [0.15, 0.2) is 0 Å². The molecule has 0 aromatic heterocycles. The average molecular weight is 382 g/mol. The zero-order chi connectivity index (χ0) is 17.6. The number of urea groups is 1. The maximum atomic E-state index is 12.3. The number of aryl methyl sites for hydroxylation is 1. The first-order valence-corrected chi connectivity index (χ1v) is 9.22. The molecule has 7 heteroatoms. The third kappa shape index (κ3) is 5.11. The number of unbranched alkanes of at least 4 members (excludes halogenated alkanes) is 1. The number of carboxylic acids is 1. The molecule has 0 aliphatic carbocycles. The Morgan fingerprint density at radius 2 is 1.85 bits per heavy atom. The Morgan fingerprint density at radius 1 is 1.15 bits per heavy atom. The highest BCUT2D eigenvalue weighted by atomic mass is 35.5. The van der Waals surface area contributed by atoms with Crippen LogP contribution in [0.3, 0.4) is 0 Å². The molecule has 1 aromatic rings. The monoisotopic (exact) mass is 381 g/mol. The minimum Gasteiger partial charge on any atom is -0.481 e. The topological polar surface area (TPSA) is 81.7 Å².